The van der Waals surface area contributed by atoms with E-state index in [4.69, 9.17) is 4.42 Å². The van der Waals surface area contributed by atoms with E-state index in [-0.39, 0.29) is 17.9 Å². The van der Waals surface area contributed by atoms with Crippen molar-refractivity contribution in [3.63, 3.8) is 0 Å². The van der Waals surface area contributed by atoms with Crippen LogP contribution in [0.25, 0.3) is 0 Å². The molecular weight excluding hydrogens is 366 g/mol. The first-order valence-corrected chi connectivity index (χ1v) is 10.5. The summed E-state index contributed by atoms with van der Waals surface area (Å²) < 4.78 is 5.53. The number of carbonyl (C=O) groups is 2. The number of hydrogen-bond donors (Lipinski definition) is 1. The molecule has 2 aliphatic rings. The summed E-state index contributed by atoms with van der Waals surface area (Å²) in [5, 5.41) is 3.14. The van der Waals surface area contributed by atoms with Crippen LogP contribution in [0.3, 0.4) is 0 Å². The van der Waals surface area contributed by atoms with Gasteiger partial charge in [-0.3, -0.25) is 14.5 Å². The van der Waals surface area contributed by atoms with Crippen molar-refractivity contribution in [1.82, 2.24) is 15.1 Å². The van der Waals surface area contributed by atoms with Crippen LogP contribution in [0.15, 0.2) is 41.0 Å². The summed E-state index contributed by atoms with van der Waals surface area (Å²) in [4.78, 5) is 29.5. The SMILES string of the molecule is Cc1ccccc1C(=O)NC1CCN(C(=O)CN2CCCc3occc3C2)CC1. The van der Waals surface area contributed by atoms with Crippen LogP contribution in [0.4, 0.5) is 0 Å². The zero-order valence-electron chi connectivity index (χ0n) is 17.0. The smallest absolute Gasteiger partial charge is 0.251 e. The number of nitrogens with zero attached hydrogens (tertiary/aromatic N) is 2. The molecule has 2 amide bonds. The number of aryl methyl sites for hydroxylation is 2. The van der Waals surface area contributed by atoms with Gasteiger partial charge in [-0.15, -0.1) is 0 Å². The Morgan fingerprint density at radius 1 is 1.14 bits per heavy atom. The second-order valence-corrected chi connectivity index (χ2v) is 8.13. The van der Waals surface area contributed by atoms with Gasteiger partial charge in [-0.2, -0.15) is 0 Å². The minimum Gasteiger partial charge on any atom is -0.469 e. The van der Waals surface area contributed by atoms with Crippen molar-refractivity contribution in [2.45, 2.75) is 45.2 Å². The summed E-state index contributed by atoms with van der Waals surface area (Å²) >= 11 is 0. The highest BCUT2D eigenvalue weighted by Crippen LogP contribution is 2.20. The summed E-state index contributed by atoms with van der Waals surface area (Å²) in [5.74, 6) is 1.22. The predicted octanol–water partition coefficient (Wildman–Crippen LogP) is 2.76. The first-order chi connectivity index (χ1) is 14.1. The molecule has 3 heterocycles. The largest absolute Gasteiger partial charge is 0.469 e. The molecule has 0 radical (unpaired) electrons. The summed E-state index contributed by atoms with van der Waals surface area (Å²) in [6.45, 7) is 5.49. The summed E-state index contributed by atoms with van der Waals surface area (Å²) in [7, 11) is 0. The molecule has 0 bridgehead atoms. The molecule has 29 heavy (non-hydrogen) atoms. The molecule has 6 nitrogen and oxygen atoms in total. The van der Waals surface area contributed by atoms with Gasteiger partial charge in [0.25, 0.3) is 5.91 Å². The molecule has 2 aliphatic heterocycles. The maximum absolute atomic E-state index is 12.8. The Labute approximate surface area is 171 Å². The number of likely N-dealkylation sites (tertiary alicyclic amines) is 1. The van der Waals surface area contributed by atoms with Gasteiger partial charge in [0.2, 0.25) is 5.91 Å². The molecular formula is C23H29N3O3. The van der Waals surface area contributed by atoms with E-state index in [2.05, 4.69) is 10.2 Å². The fourth-order valence-corrected chi connectivity index (χ4v) is 4.30. The third kappa shape index (κ3) is 4.70. The normalized spacial score (nSPS) is 18.2. The van der Waals surface area contributed by atoms with Gasteiger partial charge in [0.1, 0.15) is 5.76 Å². The van der Waals surface area contributed by atoms with E-state index in [9.17, 15) is 9.59 Å². The van der Waals surface area contributed by atoms with Gasteiger partial charge in [0, 0.05) is 43.2 Å². The Balaban J connectivity index is 1.25. The van der Waals surface area contributed by atoms with E-state index in [1.807, 2.05) is 42.2 Å². The van der Waals surface area contributed by atoms with Gasteiger partial charge in [-0.1, -0.05) is 18.2 Å². The van der Waals surface area contributed by atoms with E-state index in [0.717, 1.165) is 55.7 Å². The monoisotopic (exact) mass is 395 g/mol. The molecule has 0 spiro atoms. The Bertz CT molecular complexity index is 868. The fourth-order valence-electron chi connectivity index (χ4n) is 4.30. The van der Waals surface area contributed by atoms with Crippen LogP contribution in [0, 0.1) is 6.92 Å². The Morgan fingerprint density at radius 2 is 1.93 bits per heavy atom. The zero-order valence-corrected chi connectivity index (χ0v) is 17.0. The minimum atomic E-state index is -0.0200. The molecule has 0 unspecified atom stereocenters. The molecule has 0 atom stereocenters. The quantitative estimate of drug-likeness (QED) is 0.865. The van der Waals surface area contributed by atoms with E-state index in [1.54, 1.807) is 6.26 Å². The van der Waals surface area contributed by atoms with Crippen LogP contribution in [-0.4, -0.2) is 53.8 Å². The van der Waals surface area contributed by atoms with Crippen LogP contribution < -0.4 is 5.32 Å². The maximum atomic E-state index is 12.8. The van der Waals surface area contributed by atoms with Crippen molar-refractivity contribution in [1.29, 1.82) is 0 Å². The molecule has 4 rings (SSSR count). The predicted molar refractivity (Wildman–Crippen MR) is 111 cm³/mol. The number of carbonyl (C=O) groups excluding carboxylic acids is 2. The summed E-state index contributed by atoms with van der Waals surface area (Å²) in [6.07, 6.45) is 5.30. The number of nitrogens with one attached hydrogen (secondary N) is 1. The van der Waals surface area contributed by atoms with Gasteiger partial charge in [-0.25, -0.2) is 0 Å². The standard InChI is InChI=1S/C23H29N3O3/c1-17-5-2-3-6-20(17)23(28)24-19-8-12-26(13-9-19)22(27)16-25-11-4-7-21-18(15-25)10-14-29-21/h2-3,5-6,10,14,19H,4,7-9,11-13,15-16H2,1H3,(H,24,28). The highest BCUT2D eigenvalue weighted by molar-refractivity contribution is 5.95. The number of benzene rings is 1. The lowest BCUT2D eigenvalue weighted by Crippen LogP contribution is -2.49. The molecule has 1 aromatic heterocycles. The van der Waals surface area contributed by atoms with Crippen molar-refractivity contribution in [2.24, 2.45) is 0 Å². The average molecular weight is 396 g/mol. The molecule has 2 aromatic rings. The van der Waals surface area contributed by atoms with Crippen molar-refractivity contribution in [2.75, 3.05) is 26.2 Å². The van der Waals surface area contributed by atoms with E-state index in [0.29, 0.717) is 19.6 Å². The fraction of sp³-hybridized carbons (Fsp3) is 0.478. The summed E-state index contributed by atoms with van der Waals surface area (Å²) in [6, 6.07) is 9.77. The Kier molecular flexibility index (Phi) is 6.00. The van der Waals surface area contributed by atoms with Crippen molar-refractivity contribution in [3.8, 4) is 0 Å². The van der Waals surface area contributed by atoms with Crippen LogP contribution >= 0.6 is 0 Å². The first-order valence-electron chi connectivity index (χ1n) is 10.5. The zero-order chi connectivity index (χ0) is 20.2. The second-order valence-electron chi connectivity index (χ2n) is 8.13. The number of fused-ring (bicyclic) bond motifs is 1. The van der Waals surface area contributed by atoms with Crippen LogP contribution in [-0.2, 0) is 17.8 Å². The van der Waals surface area contributed by atoms with E-state index >= 15 is 0 Å². The lowest BCUT2D eigenvalue weighted by atomic mass is 10.0. The molecule has 1 saturated heterocycles. The molecule has 6 heteroatoms. The van der Waals surface area contributed by atoms with Gasteiger partial charge in [0.05, 0.1) is 12.8 Å². The van der Waals surface area contributed by atoms with Crippen molar-refractivity contribution < 1.29 is 14.0 Å². The van der Waals surface area contributed by atoms with Crippen LogP contribution in [0.5, 0.6) is 0 Å². The number of rotatable bonds is 4. The molecule has 0 aliphatic carbocycles. The van der Waals surface area contributed by atoms with Gasteiger partial charge >= 0.3 is 0 Å². The number of furan rings is 1. The Hall–Kier alpha value is -2.60. The topological polar surface area (TPSA) is 65.8 Å². The molecule has 1 fully saturated rings. The van der Waals surface area contributed by atoms with Crippen LogP contribution in [0.2, 0.25) is 0 Å². The van der Waals surface area contributed by atoms with Crippen molar-refractivity contribution in [3.05, 3.63) is 59.0 Å². The third-order valence-corrected chi connectivity index (χ3v) is 6.04. The van der Waals surface area contributed by atoms with E-state index < -0.39 is 0 Å². The van der Waals surface area contributed by atoms with Gasteiger partial charge in [0.15, 0.2) is 0 Å². The molecule has 0 saturated carbocycles. The molecule has 1 N–H and O–H groups in total. The average Bonchev–Trinajstić information content (AvgIpc) is 3.07. The number of hydrogen-bond acceptors (Lipinski definition) is 4. The van der Waals surface area contributed by atoms with Gasteiger partial charge < -0.3 is 14.6 Å². The van der Waals surface area contributed by atoms with E-state index in [1.165, 1.54) is 5.56 Å². The number of piperidine rings is 1. The third-order valence-electron chi connectivity index (χ3n) is 6.04. The maximum Gasteiger partial charge on any atom is 0.251 e. The lowest BCUT2D eigenvalue weighted by Gasteiger charge is -2.34. The first kappa shape index (κ1) is 19.7. The van der Waals surface area contributed by atoms with Gasteiger partial charge in [-0.05, 0) is 50.4 Å². The van der Waals surface area contributed by atoms with Crippen LogP contribution in [0.1, 0.15) is 46.5 Å². The molecule has 1 aromatic carbocycles. The number of amides is 2. The highest BCUT2D eigenvalue weighted by Gasteiger charge is 2.26. The Morgan fingerprint density at radius 3 is 2.72 bits per heavy atom. The lowest BCUT2D eigenvalue weighted by molar-refractivity contribution is -0.133. The summed E-state index contributed by atoms with van der Waals surface area (Å²) in [5.41, 5.74) is 2.91. The second kappa shape index (κ2) is 8.82. The van der Waals surface area contributed by atoms with Crippen molar-refractivity contribution >= 4 is 11.8 Å². The molecule has 154 valence electrons. The minimum absolute atomic E-state index is 0.0200. The highest BCUT2D eigenvalue weighted by atomic mass is 16.3.